The van der Waals surface area contributed by atoms with Gasteiger partial charge in [-0.1, -0.05) is 29.8 Å². The number of nitrogens with one attached hydrogen (secondary N) is 1. The molecule has 0 aliphatic heterocycles. The molecule has 0 aliphatic rings. The highest BCUT2D eigenvalue weighted by atomic mass is 79.9. The molecular weight excluding hydrogens is 338 g/mol. The van der Waals surface area contributed by atoms with Gasteiger partial charge in [-0.25, -0.2) is 0 Å². The summed E-state index contributed by atoms with van der Waals surface area (Å²) in [6.07, 6.45) is 0.584. The first-order valence-electron chi connectivity index (χ1n) is 6.75. The van der Waals surface area contributed by atoms with Crippen LogP contribution in [0.5, 0.6) is 11.5 Å². The third-order valence-corrected chi connectivity index (χ3v) is 3.83. The van der Waals surface area contributed by atoms with Crippen molar-refractivity contribution < 1.29 is 19.4 Å². The molecule has 0 spiro atoms. The average Bonchev–Trinajstić information content (AvgIpc) is 2.43. The van der Waals surface area contributed by atoms with Gasteiger partial charge in [0.2, 0.25) is 0 Å². The van der Waals surface area contributed by atoms with Crippen LogP contribution in [0.2, 0.25) is 0 Å². The van der Waals surface area contributed by atoms with Crippen molar-refractivity contribution in [2.75, 3.05) is 14.2 Å². The van der Waals surface area contributed by atoms with Crippen molar-refractivity contribution in [3.8, 4) is 11.5 Å². The molecule has 6 heteroatoms. The Bertz CT molecular complexity index is 491. The second-order valence-electron chi connectivity index (χ2n) is 5.20. The number of hydrogen-bond donors (Lipinski definition) is 2. The summed E-state index contributed by atoms with van der Waals surface area (Å²) in [5.74, 6) is 0.728. The highest BCUT2D eigenvalue weighted by Gasteiger charge is 2.19. The molecule has 2 N–H and O–H groups in total. The Hall–Kier alpha value is -1.27. The monoisotopic (exact) mass is 359 g/mol. The maximum Gasteiger partial charge on any atom is 0.320 e. The summed E-state index contributed by atoms with van der Waals surface area (Å²) >= 11 is 3.47. The fourth-order valence-electron chi connectivity index (χ4n) is 2.01. The zero-order chi connectivity index (χ0) is 16.0. The maximum absolute atomic E-state index is 11.2. The Morgan fingerprint density at radius 1 is 1.29 bits per heavy atom. The quantitative estimate of drug-likeness (QED) is 0.746. The van der Waals surface area contributed by atoms with Gasteiger partial charge in [0.15, 0.2) is 11.5 Å². The number of carboxylic acid groups (broad SMARTS) is 1. The average molecular weight is 360 g/mol. The minimum Gasteiger partial charge on any atom is -0.493 e. The van der Waals surface area contributed by atoms with Crippen LogP contribution < -0.4 is 14.8 Å². The van der Waals surface area contributed by atoms with E-state index < -0.39 is 12.0 Å². The Labute approximate surface area is 133 Å². The SMILES string of the molecule is COc1cc(Br)c(CN[C@H](CC(C)C)C(=O)O)cc1OC. The van der Waals surface area contributed by atoms with Crippen LogP contribution in [0.25, 0.3) is 0 Å². The lowest BCUT2D eigenvalue weighted by atomic mass is 10.0. The maximum atomic E-state index is 11.2. The van der Waals surface area contributed by atoms with E-state index in [1.807, 2.05) is 26.0 Å². The summed E-state index contributed by atoms with van der Waals surface area (Å²) in [5.41, 5.74) is 0.919. The van der Waals surface area contributed by atoms with Gasteiger partial charge in [0.25, 0.3) is 0 Å². The van der Waals surface area contributed by atoms with Crippen molar-refractivity contribution in [1.29, 1.82) is 0 Å². The normalized spacial score (nSPS) is 12.3. The van der Waals surface area contributed by atoms with Crippen LogP contribution in [0.4, 0.5) is 0 Å². The number of carboxylic acids is 1. The van der Waals surface area contributed by atoms with Crippen molar-refractivity contribution in [2.24, 2.45) is 5.92 Å². The predicted molar refractivity (Wildman–Crippen MR) is 85.0 cm³/mol. The lowest BCUT2D eigenvalue weighted by Gasteiger charge is -2.18. The molecule has 0 bridgehead atoms. The molecule has 0 fully saturated rings. The fourth-order valence-corrected chi connectivity index (χ4v) is 2.47. The third-order valence-electron chi connectivity index (χ3n) is 3.10. The van der Waals surface area contributed by atoms with Crippen molar-refractivity contribution in [2.45, 2.75) is 32.9 Å². The Kier molecular flexibility index (Phi) is 6.98. The minimum atomic E-state index is -0.833. The van der Waals surface area contributed by atoms with Gasteiger partial charge >= 0.3 is 5.97 Å². The summed E-state index contributed by atoms with van der Waals surface area (Å²) in [4.78, 5) is 11.2. The zero-order valence-electron chi connectivity index (χ0n) is 12.8. The molecule has 0 saturated carbocycles. The summed E-state index contributed by atoms with van der Waals surface area (Å²) in [7, 11) is 3.15. The molecule has 5 nitrogen and oxygen atoms in total. The van der Waals surface area contributed by atoms with Gasteiger partial charge in [0.1, 0.15) is 6.04 Å². The van der Waals surface area contributed by atoms with E-state index in [1.165, 1.54) is 0 Å². The van der Waals surface area contributed by atoms with E-state index in [1.54, 1.807) is 14.2 Å². The molecule has 0 radical (unpaired) electrons. The van der Waals surface area contributed by atoms with Gasteiger partial charge in [0, 0.05) is 11.0 Å². The Morgan fingerprint density at radius 2 is 1.86 bits per heavy atom. The number of aliphatic carboxylic acids is 1. The standard InChI is InChI=1S/C15H22BrNO4/c1-9(2)5-12(15(18)19)17-8-10-6-13(20-3)14(21-4)7-11(10)16/h6-7,9,12,17H,5,8H2,1-4H3,(H,18,19)/t12-/m1/s1. The Morgan fingerprint density at radius 3 is 2.33 bits per heavy atom. The van der Waals surface area contributed by atoms with E-state index in [2.05, 4.69) is 21.2 Å². The summed E-state index contributed by atoms with van der Waals surface area (Å²) in [6, 6.07) is 3.09. The first kappa shape index (κ1) is 17.8. The molecule has 0 saturated heterocycles. The molecule has 1 aromatic rings. The summed E-state index contributed by atoms with van der Waals surface area (Å²) < 4.78 is 11.3. The lowest BCUT2D eigenvalue weighted by Crippen LogP contribution is -2.37. The second-order valence-corrected chi connectivity index (χ2v) is 6.05. The highest BCUT2D eigenvalue weighted by Crippen LogP contribution is 2.33. The number of halogens is 1. The van der Waals surface area contributed by atoms with Gasteiger partial charge < -0.3 is 19.9 Å². The molecule has 0 aliphatic carbocycles. The van der Waals surface area contributed by atoms with E-state index in [4.69, 9.17) is 9.47 Å². The fraction of sp³-hybridized carbons (Fsp3) is 0.533. The van der Waals surface area contributed by atoms with E-state index >= 15 is 0 Å². The molecule has 1 atom stereocenters. The molecule has 118 valence electrons. The van der Waals surface area contributed by atoms with Crippen LogP contribution in [0.3, 0.4) is 0 Å². The zero-order valence-corrected chi connectivity index (χ0v) is 14.4. The van der Waals surface area contributed by atoms with Crippen LogP contribution in [-0.2, 0) is 11.3 Å². The number of benzene rings is 1. The number of rotatable bonds is 8. The molecule has 1 aromatic carbocycles. The minimum absolute atomic E-state index is 0.312. The molecule has 0 heterocycles. The van der Waals surface area contributed by atoms with E-state index in [-0.39, 0.29) is 0 Å². The van der Waals surface area contributed by atoms with Crippen molar-refractivity contribution in [3.63, 3.8) is 0 Å². The van der Waals surface area contributed by atoms with Gasteiger partial charge in [-0.05, 0) is 30.0 Å². The topological polar surface area (TPSA) is 67.8 Å². The first-order valence-corrected chi connectivity index (χ1v) is 7.54. The molecule has 21 heavy (non-hydrogen) atoms. The van der Waals surface area contributed by atoms with Crippen LogP contribution in [-0.4, -0.2) is 31.3 Å². The Balaban J connectivity index is 2.84. The van der Waals surface area contributed by atoms with Crippen molar-refractivity contribution >= 4 is 21.9 Å². The summed E-state index contributed by atoms with van der Waals surface area (Å²) in [5, 5.41) is 12.3. The molecule has 0 amide bonds. The third kappa shape index (κ3) is 5.21. The van der Waals surface area contributed by atoms with Gasteiger partial charge in [0.05, 0.1) is 14.2 Å². The highest BCUT2D eigenvalue weighted by molar-refractivity contribution is 9.10. The van der Waals surface area contributed by atoms with Crippen molar-refractivity contribution in [1.82, 2.24) is 5.32 Å². The van der Waals surface area contributed by atoms with Crippen molar-refractivity contribution in [3.05, 3.63) is 22.2 Å². The molecule has 1 rings (SSSR count). The van der Waals surface area contributed by atoms with E-state index in [0.29, 0.717) is 30.4 Å². The van der Waals surface area contributed by atoms with Crippen LogP contribution in [0.1, 0.15) is 25.8 Å². The lowest BCUT2D eigenvalue weighted by molar-refractivity contribution is -0.140. The molecular formula is C15H22BrNO4. The molecule has 0 unspecified atom stereocenters. The van der Waals surface area contributed by atoms with E-state index in [9.17, 15) is 9.90 Å². The summed E-state index contributed by atoms with van der Waals surface area (Å²) in [6.45, 7) is 4.44. The number of ether oxygens (including phenoxy) is 2. The molecule has 0 aromatic heterocycles. The number of carbonyl (C=O) groups is 1. The second kappa shape index (κ2) is 8.24. The van der Waals surface area contributed by atoms with Crippen LogP contribution >= 0.6 is 15.9 Å². The van der Waals surface area contributed by atoms with Gasteiger partial charge in [-0.2, -0.15) is 0 Å². The van der Waals surface area contributed by atoms with E-state index in [0.717, 1.165) is 10.0 Å². The predicted octanol–water partition coefficient (Wildman–Crippen LogP) is 3.06. The largest absolute Gasteiger partial charge is 0.493 e. The van der Waals surface area contributed by atoms with Gasteiger partial charge in [-0.3, -0.25) is 4.79 Å². The van der Waals surface area contributed by atoms with Crippen LogP contribution in [0.15, 0.2) is 16.6 Å². The smallest absolute Gasteiger partial charge is 0.320 e. The van der Waals surface area contributed by atoms with Crippen LogP contribution in [0, 0.1) is 5.92 Å². The van der Waals surface area contributed by atoms with Gasteiger partial charge in [-0.15, -0.1) is 0 Å². The number of methoxy groups -OCH3 is 2. The number of hydrogen-bond acceptors (Lipinski definition) is 4. The first-order chi connectivity index (χ1) is 9.88.